The van der Waals surface area contributed by atoms with Gasteiger partial charge in [0.15, 0.2) is 0 Å². The van der Waals surface area contributed by atoms with E-state index in [1.807, 2.05) is 17.9 Å². The van der Waals surface area contributed by atoms with Crippen LogP contribution >= 0.6 is 0 Å². The first-order valence-corrected chi connectivity index (χ1v) is 5.92. The van der Waals surface area contributed by atoms with Crippen LogP contribution in [0.5, 0.6) is 0 Å². The van der Waals surface area contributed by atoms with Gasteiger partial charge in [-0.1, -0.05) is 22.9 Å². The minimum absolute atomic E-state index is 0.965. The lowest BCUT2D eigenvalue weighted by atomic mass is 10.2. The van der Waals surface area contributed by atoms with Gasteiger partial charge in [0, 0.05) is 0 Å². The summed E-state index contributed by atoms with van der Waals surface area (Å²) in [6.07, 6.45) is 4.05. The van der Waals surface area contributed by atoms with Crippen molar-refractivity contribution in [3.63, 3.8) is 0 Å². The summed E-state index contributed by atoms with van der Waals surface area (Å²) in [7, 11) is 1.96. The molecule has 0 fully saturated rings. The minimum Gasteiger partial charge on any atom is -0.320 e. The second-order valence-corrected chi connectivity index (χ2v) is 4.20. The number of hydrogen-bond acceptors (Lipinski definition) is 3. The Morgan fingerprint density at radius 1 is 1.24 bits per heavy atom. The molecule has 17 heavy (non-hydrogen) atoms. The molecule has 90 valence electrons. The first-order chi connectivity index (χ1) is 8.29. The van der Waals surface area contributed by atoms with Gasteiger partial charge < -0.3 is 5.32 Å². The third kappa shape index (κ3) is 3.14. The van der Waals surface area contributed by atoms with Gasteiger partial charge in [0.2, 0.25) is 0 Å². The molecule has 1 N–H and O–H groups in total. The molecule has 1 heterocycles. The Bertz CT molecular complexity index is 459. The van der Waals surface area contributed by atoms with Crippen molar-refractivity contribution >= 4 is 0 Å². The van der Waals surface area contributed by atoms with E-state index < -0.39 is 0 Å². The van der Waals surface area contributed by atoms with Gasteiger partial charge in [-0.2, -0.15) is 0 Å². The van der Waals surface area contributed by atoms with Crippen LogP contribution in [0.4, 0.5) is 0 Å². The summed E-state index contributed by atoms with van der Waals surface area (Å²) in [5, 5.41) is 11.4. The molecule has 0 atom stereocenters. The third-order valence-corrected chi connectivity index (χ3v) is 2.70. The highest BCUT2D eigenvalue weighted by Gasteiger charge is 2.02. The molecule has 0 aliphatic rings. The number of nitrogens with zero attached hydrogens (tertiary/aromatic N) is 3. The van der Waals surface area contributed by atoms with Crippen LogP contribution in [0, 0.1) is 6.92 Å². The Hall–Kier alpha value is -1.68. The Kier molecular flexibility index (Phi) is 3.88. The average molecular weight is 230 g/mol. The van der Waals surface area contributed by atoms with Crippen molar-refractivity contribution in [3.8, 4) is 5.69 Å². The molecule has 0 saturated heterocycles. The fraction of sp³-hybridized carbons (Fsp3) is 0.385. The smallest absolute Gasteiger partial charge is 0.0832 e. The molecule has 2 rings (SSSR count). The van der Waals surface area contributed by atoms with Crippen LogP contribution in [0.3, 0.4) is 0 Å². The zero-order chi connectivity index (χ0) is 12.1. The van der Waals surface area contributed by atoms with Gasteiger partial charge in [0.1, 0.15) is 0 Å². The third-order valence-electron chi connectivity index (χ3n) is 2.70. The zero-order valence-corrected chi connectivity index (χ0v) is 10.3. The van der Waals surface area contributed by atoms with Crippen LogP contribution < -0.4 is 5.32 Å². The number of nitrogens with one attached hydrogen (secondary N) is 1. The van der Waals surface area contributed by atoms with Crippen LogP contribution in [-0.4, -0.2) is 28.6 Å². The fourth-order valence-electron chi connectivity index (χ4n) is 1.68. The van der Waals surface area contributed by atoms with Gasteiger partial charge in [0.25, 0.3) is 0 Å². The van der Waals surface area contributed by atoms with E-state index in [0.29, 0.717) is 0 Å². The first kappa shape index (κ1) is 11.8. The normalized spacial score (nSPS) is 10.7. The van der Waals surface area contributed by atoms with Crippen molar-refractivity contribution in [2.24, 2.45) is 0 Å². The van der Waals surface area contributed by atoms with Crippen LogP contribution in [-0.2, 0) is 6.42 Å². The van der Waals surface area contributed by atoms with Crippen molar-refractivity contribution in [1.29, 1.82) is 0 Å². The van der Waals surface area contributed by atoms with Crippen LogP contribution in [0.25, 0.3) is 5.69 Å². The Morgan fingerprint density at radius 3 is 2.71 bits per heavy atom. The number of aryl methyl sites for hydroxylation is 2. The minimum atomic E-state index is 0.965. The molecule has 4 heteroatoms. The second kappa shape index (κ2) is 5.59. The maximum atomic E-state index is 4.17. The summed E-state index contributed by atoms with van der Waals surface area (Å²) in [5.41, 5.74) is 3.35. The van der Waals surface area contributed by atoms with Crippen molar-refractivity contribution in [2.75, 3.05) is 13.6 Å². The van der Waals surface area contributed by atoms with E-state index in [4.69, 9.17) is 0 Å². The Morgan fingerprint density at radius 2 is 2.00 bits per heavy atom. The first-order valence-electron chi connectivity index (χ1n) is 5.92. The predicted octanol–water partition coefficient (Wildman–Crippen LogP) is 1.73. The van der Waals surface area contributed by atoms with E-state index in [9.17, 15) is 0 Å². The highest BCUT2D eigenvalue weighted by atomic mass is 15.4. The van der Waals surface area contributed by atoms with Crippen molar-refractivity contribution in [3.05, 3.63) is 41.7 Å². The van der Waals surface area contributed by atoms with E-state index in [2.05, 4.69) is 46.8 Å². The number of hydrogen-bond donors (Lipinski definition) is 1. The Labute approximate surface area is 102 Å². The SMILES string of the molecule is CNCCCc1cn(-c2ccc(C)cc2)nn1. The van der Waals surface area contributed by atoms with E-state index in [1.54, 1.807) is 0 Å². The summed E-state index contributed by atoms with van der Waals surface area (Å²) >= 11 is 0. The molecular weight excluding hydrogens is 212 g/mol. The van der Waals surface area contributed by atoms with E-state index in [-0.39, 0.29) is 0 Å². The largest absolute Gasteiger partial charge is 0.320 e. The lowest BCUT2D eigenvalue weighted by Gasteiger charge is -1.99. The van der Waals surface area contributed by atoms with Gasteiger partial charge in [-0.05, 0) is 45.5 Å². The summed E-state index contributed by atoms with van der Waals surface area (Å²) in [5.74, 6) is 0. The van der Waals surface area contributed by atoms with Crippen molar-refractivity contribution in [2.45, 2.75) is 19.8 Å². The zero-order valence-electron chi connectivity index (χ0n) is 10.3. The van der Waals surface area contributed by atoms with Gasteiger partial charge >= 0.3 is 0 Å². The van der Waals surface area contributed by atoms with Gasteiger partial charge in [-0.15, -0.1) is 5.10 Å². The lowest BCUT2D eigenvalue weighted by Crippen LogP contribution is -2.08. The monoisotopic (exact) mass is 230 g/mol. The number of benzene rings is 1. The molecule has 1 aromatic heterocycles. The van der Waals surface area contributed by atoms with Gasteiger partial charge in [-0.25, -0.2) is 4.68 Å². The van der Waals surface area contributed by atoms with Gasteiger partial charge in [0.05, 0.1) is 17.6 Å². The van der Waals surface area contributed by atoms with Crippen LogP contribution in [0.1, 0.15) is 17.7 Å². The van der Waals surface area contributed by atoms with Crippen molar-refractivity contribution in [1.82, 2.24) is 20.3 Å². The second-order valence-electron chi connectivity index (χ2n) is 4.20. The van der Waals surface area contributed by atoms with Crippen LogP contribution in [0.15, 0.2) is 30.5 Å². The molecule has 0 bridgehead atoms. The summed E-state index contributed by atoms with van der Waals surface area (Å²) in [4.78, 5) is 0. The molecular formula is C13H18N4. The summed E-state index contributed by atoms with van der Waals surface area (Å²) in [6.45, 7) is 3.09. The van der Waals surface area contributed by atoms with Crippen molar-refractivity contribution < 1.29 is 0 Å². The van der Waals surface area contributed by atoms with E-state index in [0.717, 1.165) is 30.8 Å². The fourth-order valence-corrected chi connectivity index (χ4v) is 1.68. The molecule has 2 aromatic rings. The quantitative estimate of drug-likeness (QED) is 0.795. The number of aromatic nitrogens is 3. The Balaban J connectivity index is 2.04. The van der Waals surface area contributed by atoms with E-state index >= 15 is 0 Å². The molecule has 0 unspecified atom stereocenters. The highest BCUT2D eigenvalue weighted by molar-refractivity contribution is 5.33. The molecule has 1 aromatic carbocycles. The molecule has 0 amide bonds. The van der Waals surface area contributed by atoms with E-state index in [1.165, 1.54) is 5.56 Å². The van der Waals surface area contributed by atoms with Crippen LogP contribution in [0.2, 0.25) is 0 Å². The lowest BCUT2D eigenvalue weighted by molar-refractivity contribution is 0.712. The summed E-state index contributed by atoms with van der Waals surface area (Å²) < 4.78 is 1.83. The number of rotatable bonds is 5. The predicted molar refractivity (Wildman–Crippen MR) is 68.3 cm³/mol. The standard InChI is InChI=1S/C13H18N4/c1-11-5-7-13(8-6-11)17-10-12(15-16-17)4-3-9-14-2/h5-8,10,14H,3-4,9H2,1-2H3. The molecule has 0 aliphatic heterocycles. The molecule has 0 saturated carbocycles. The summed E-state index contributed by atoms with van der Waals surface area (Å²) in [6, 6.07) is 8.28. The average Bonchev–Trinajstić information content (AvgIpc) is 2.79. The molecule has 0 radical (unpaired) electrons. The molecule has 4 nitrogen and oxygen atoms in total. The maximum Gasteiger partial charge on any atom is 0.0832 e. The maximum absolute atomic E-state index is 4.17. The molecule has 0 aliphatic carbocycles. The topological polar surface area (TPSA) is 42.7 Å². The highest BCUT2D eigenvalue weighted by Crippen LogP contribution is 2.08. The van der Waals surface area contributed by atoms with Gasteiger partial charge in [-0.3, -0.25) is 0 Å². The molecule has 0 spiro atoms.